The minimum atomic E-state index is -4.52. The van der Waals surface area contributed by atoms with Gasteiger partial charge in [0.2, 0.25) is 5.91 Å². The molecule has 0 rings (SSSR count). The summed E-state index contributed by atoms with van der Waals surface area (Å²) in [5, 5.41) is 7.39. The molecule has 10 nitrogen and oxygen atoms in total. The summed E-state index contributed by atoms with van der Waals surface area (Å²) < 4.78 is 31.6. The van der Waals surface area contributed by atoms with Gasteiger partial charge in [-0.1, -0.05) is 21.6 Å². The number of hydrogen-bond donors (Lipinski definition) is 4. The van der Waals surface area contributed by atoms with Gasteiger partial charge in [-0.15, -0.1) is 0 Å². The van der Waals surface area contributed by atoms with Crippen LogP contribution in [0.1, 0.15) is 40.0 Å². The second-order valence-electron chi connectivity index (χ2n) is 6.72. The van der Waals surface area contributed by atoms with E-state index in [0.29, 0.717) is 12.2 Å². The highest BCUT2D eigenvalue weighted by Crippen LogP contribution is 2.39. The summed E-state index contributed by atoms with van der Waals surface area (Å²) in [6.07, 6.45) is 0.590. The fourth-order valence-electron chi connectivity index (χ4n) is 1.98. The van der Waals surface area contributed by atoms with Crippen molar-refractivity contribution < 1.29 is 32.5 Å². The van der Waals surface area contributed by atoms with Gasteiger partial charge in [0, 0.05) is 31.0 Å². The van der Waals surface area contributed by atoms with E-state index in [0.717, 1.165) is 0 Å². The SMILES string of the molecule is CNNC(=O)C(CCSSC(C)(C)CCC(=O)N(C)[C@@H](C)C(=O)O)S(=O)(=O)O. The smallest absolute Gasteiger partial charge is 0.326 e. The summed E-state index contributed by atoms with van der Waals surface area (Å²) in [4.78, 5) is 35.9. The number of hydrogen-bond acceptors (Lipinski definition) is 8. The fraction of sp³-hybridized carbons (Fsp3) is 0.800. The second kappa shape index (κ2) is 11.9. The van der Waals surface area contributed by atoms with Crippen LogP contribution < -0.4 is 10.9 Å². The molecule has 0 aromatic heterocycles. The van der Waals surface area contributed by atoms with E-state index in [1.807, 2.05) is 13.8 Å². The van der Waals surface area contributed by atoms with Crippen molar-refractivity contribution in [2.24, 2.45) is 0 Å². The van der Waals surface area contributed by atoms with Gasteiger partial charge in [0.05, 0.1) is 0 Å². The highest BCUT2D eigenvalue weighted by atomic mass is 33.1. The molecule has 0 saturated heterocycles. The molecule has 0 aromatic rings. The lowest BCUT2D eigenvalue weighted by molar-refractivity contribution is -0.148. The Hall–Kier alpha value is -1.02. The molecule has 0 saturated carbocycles. The number of carbonyl (C=O) groups excluding carboxylic acids is 2. The van der Waals surface area contributed by atoms with Gasteiger partial charge < -0.3 is 10.0 Å². The number of nitrogens with one attached hydrogen (secondary N) is 2. The molecule has 2 atom stereocenters. The zero-order valence-corrected chi connectivity index (χ0v) is 19.0. The molecule has 0 heterocycles. The topological polar surface area (TPSA) is 153 Å². The average molecular weight is 460 g/mol. The number of carboxylic acids is 1. The van der Waals surface area contributed by atoms with Gasteiger partial charge in [0.25, 0.3) is 16.0 Å². The standard InChI is InChI=1S/C15H29N3O7S3/c1-10(14(21)22)18(5)12(19)6-8-15(2,3)27-26-9-7-11(28(23,24)25)13(20)17-16-4/h10-11,16H,6-9H2,1-5H3,(H,17,20)(H,21,22)(H,23,24,25)/t10-,11?/m0/s1. The molecule has 4 N–H and O–H groups in total. The average Bonchev–Trinajstić information content (AvgIpc) is 2.57. The molecule has 2 amide bonds. The van der Waals surface area contributed by atoms with Crippen LogP contribution in [0.3, 0.4) is 0 Å². The number of likely N-dealkylation sites (N-methyl/N-ethyl adjacent to an activating group) is 1. The summed E-state index contributed by atoms with van der Waals surface area (Å²) in [5.74, 6) is -1.89. The zero-order valence-electron chi connectivity index (χ0n) is 16.6. The van der Waals surface area contributed by atoms with E-state index in [2.05, 4.69) is 10.9 Å². The Kier molecular flexibility index (Phi) is 11.4. The van der Waals surface area contributed by atoms with Crippen LogP contribution in [-0.2, 0) is 24.5 Å². The van der Waals surface area contributed by atoms with E-state index in [4.69, 9.17) is 5.11 Å². The Morgan fingerprint density at radius 1 is 1.25 bits per heavy atom. The van der Waals surface area contributed by atoms with E-state index < -0.39 is 33.3 Å². The Labute approximate surface area is 173 Å². The maximum Gasteiger partial charge on any atom is 0.326 e. The first-order chi connectivity index (χ1) is 12.7. The van der Waals surface area contributed by atoms with E-state index in [1.165, 1.54) is 47.5 Å². The minimum absolute atomic E-state index is 0.0715. The van der Waals surface area contributed by atoms with Gasteiger partial charge in [-0.05, 0) is 33.6 Å². The number of rotatable bonds is 13. The van der Waals surface area contributed by atoms with Gasteiger partial charge in [-0.25, -0.2) is 10.2 Å². The van der Waals surface area contributed by atoms with Crippen molar-refractivity contribution >= 4 is 49.5 Å². The van der Waals surface area contributed by atoms with Crippen LogP contribution in [0.25, 0.3) is 0 Å². The monoisotopic (exact) mass is 459 g/mol. The fourth-order valence-corrected chi connectivity index (χ4v) is 5.54. The van der Waals surface area contributed by atoms with Crippen molar-refractivity contribution in [1.29, 1.82) is 0 Å². The first kappa shape index (κ1) is 27.0. The summed E-state index contributed by atoms with van der Waals surface area (Å²) in [7, 11) is 1.09. The predicted octanol–water partition coefficient (Wildman–Crippen LogP) is 0.755. The van der Waals surface area contributed by atoms with Crippen molar-refractivity contribution in [3.05, 3.63) is 0 Å². The summed E-state index contributed by atoms with van der Waals surface area (Å²) in [5.41, 5.74) is 4.47. The predicted molar refractivity (Wildman–Crippen MR) is 110 cm³/mol. The molecule has 0 fully saturated rings. The maximum atomic E-state index is 12.1. The Balaban J connectivity index is 4.51. The molecule has 28 heavy (non-hydrogen) atoms. The van der Waals surface area contributed by atoms with Gasteiger partial charge in [-0.3, -0.25) is 19.6 Å². The third-order valence-corrected chi connectivity index (χ3v) is 8.47. The van der Waals surface area contributed by atoms with E-state index in [1.54, 1.807) is 0 Å². The van der Waals surface area contributed by atoms with Gasteiger partial charge >= 0.3 is 5.97 Å². The van der Waals surface area contributed by atoms with Gasteiger partial charge in [0.15, 0.2) is 5.25 Å². The molecule has 0 aliphatic carbocycles. The van der Waals surface area contributed by atoms with Gasteiger partial charge in [0.1, 0.15) is 6.04 Å². The van der Waals surface area contributed by atoms with Gasteiger partial charge in [-0.2, -0.15) is 8.42 Å². The molecule has 13 heteroatoms. The Morgan fingerprint density at radius 3 is 2.29 bits per heavy atom. The highest BCUT2D eigenvalue weighted by molar-refractivity contribution is 8.77. The molecule has 0 radical (unpaired) electrons. The number of nitrogens with zero attached hydrogens (tertiary/aromatic N) is 1. The molecular formula is C15H29N3O7S3. The number of amides is 2. The molecule has 0 spiro atoms. The molecule has 0 bridgehead atoms. The lowest BCUT2D eigenvalue weighted by Crippen LogP contribution is -2.45. The third kappa shape index (κ3) is 9.96. The largest absolute Gasteiger partial charge is 0.480 e. The molecule has 164 valence electrons. The lowest BCUT2D eigenvalue weighted by atomic mass is 10.1. The van der Waals surface area contributed by atoms with Crippen molar-refractivity contribution in [3.63, 3.8) is 0 Å². The summed E-state index contributed by atoms with van der Waals surface area (Å²) in [6.45, 7) is 5.25. The number of carboxylic acid groups (broad SMARTS) is 1. The van der Waals surface area contributed by atoms with E-state index in [9.17, 15) is 27.4 Å². The summed E-state index contributed by atoms with van der Waals surface area (Å²) >= 11 is 0. The normalized spacial score (nSPS) is 14.2. The molecule has 1 unspecified atom stereocenters. The summed E-state index contributed by atoms with van der Waals surface area (Å²) in [6, 6.07) is -0.904. The van der Waals surface area contributed by atoms with Crippen LogP contribution in [0.4, 0.5) is 0 Å². The quantitative estimate of drug-likeness (QED) is 0.134. The van der Waals surface area contributed by atoms with Crippen molar-refractivity contribution in [2.45, 2.75) is 56.1 Å². The minimum Gasteiger partial charge on any atom is -0.480 e. The van der Waals surface area contributed by atoms with Crippen molar-refractivity contribution in [1.82, 2.24) is 15.8 Å². The Morgan fingerprint density at radius 2 is 1.82 bits per heavy atom. The molecule has 0 aliphatic rings. The maximum absolute atomic E-state index is 12.1. The number of carbonyl (C=O) groups is 3. The van der Waals surface area contributed by atoms with Crippen LogP contribution >= 0.6 is 21.6 Å². The zero-order chi connectivity index (χ0) is 22.1. The number of hydrazine groups is 1. The first-order valence-corrected chi connectivity index (χ1v) is 12.3. The third-order valence-electron chi connectivity index (χ3n) is 3.92. The highest BCUT2D eigenvalue weighted by Gasteiger charge is 2.31. The molecule has 0 aliphatic heterocycles. The first-order valence-electron chi connectivity index (χ1n) is 8.45. The Bertz CT molecular complexity index is 655. The molecular weight excluding hydrogens is 430 g/mol. The lowest BCUT2D eigenvalue weighted by Gasteiger charge is -2.26. The van der Waals surface area contributed by atoms with Crippen LogP contribution in [-0.4, -0.2) is 76.6 Å². The van der Waals surface area contributed by atoms with E-state index in [-0.39, 0.29) is 23.5 Å². The van der Waals surface area contributed by atoms with Crippen LogP contribution in [0.5, 0.6) is 0 Å². The van der Waals surface area contributed by atoms with Crippen molar-refractivity contribution in [2.75, 3.05) is 19.8 Å². The van der Waals surface area contributed by atoms with Crippen LogP contribution in [0.15, 0.2) is 0 Å². The molecule has 0 aromatic carbocycles. The van der Waals surface area contributed by atoms with Crippen molar-refractivity contribution in [3.8, 4) is 0 Å². The van der Waals surface area contributed by atoms with Crippen LogP contribution in [0, 0.1) is 0 Å². The number of aliphatic carboxylic acids is 1. The van der Waals surface area contributed by atoms with Crippen LogP contribution in [0.2, 0.25) is 0 Å². The van der Waals surface area contributed by atoms with E-state index >= 15 is 0 Å². The second-order valence-corrected chi connectivity index (χ2v) is 11.4.